The maximum atomic E-state index is 14.1. The largest absolute Gasteiger partial charge is 0.419 e. The molecule has 0 aliphatic heterocycles. The first-order chi connectivity index (χ1) is 13.1. The summed E-state index contributed by atoms with van der Waals surface area (Å²) in [6.45, 7) is 0.139. The Morgan fingerprint density at radius 2 is 1.85 bits per heavy atom. The van der Waals surface area contributed by atoms with Gasteiger partial charge in [-0.15, -0.1) is 0 Å². The Hall–Kier alpha value is -3.61. The molecule has 1 amide bonds. The molecule has 4 rings (SSSR count). The average molecular weight is 365 g/mol. The number of anilines is 1. The Morgan fingerprint density at radius 3 is 2.67 bits per heavy atom. The Labute approximate surface area is 153 Å². The van der Waals surface area contributed by atoms with Crippen molar-refractivity contribution in [2.75, 3.05) is 5.32 Å². The van der Waals surface area contributed by atoms with E-state index in [9.17, 15) is 14.0 Å². The highest BCUT2D eigenvalue weighted by molar-refractivity contribution is 5.91. The summed E-state index contributed by atoms with van der Waals surface area (Å²) in [6, 6.07) is 15.2. The minimum Gasteiger partial charge on any atom is -0.408 e. The molecule has 2 aromatic carbocycles. The van der Waals surface area contributed by atoms with Crippen molar-refractivity contribution in [1.82, 2.24) is 9.13 Å². The SMILES string of the molecule is O=C(CCn1c(=O)oc2ccccc21)Nc1cc(-n2cccc2)ccc1F. The summed E-state index contributed by atoms with van der Waals surface area (Å²) in [4.78, 5) is 24.2. The maximum Gasteiger partial charge on any atom is 0.419 e. The van der Waals surface area contributed by atoms with E-state index in [2.05, 4.69) is 5.32 Å². The summed E-state index contributed by atoms with van der Waals surface area (Å²) >= 11 is 0. The van der Waals surface area contributed by atoms with Gasteiger partial charge in [0.15, 0.2) is 5.58 Å². The topological polar surface area (TPSA) is 69.2 Å². The summed E-state index contributed by atoms with van der Waals surface area (Å²) in [6.07, 6.45) is 3.67. The van der Waals surface area contributed by atoms with Crippen LogP contribution < -0.4 is 11.1 Å². The molecule has 2 aromatic heterocycles. The van der Waals surface area contributed by atoms with E-state index in [1.54, 1.807) is 36.4 Å². The average Bonchev–Trinajstić information content (AvgIpc) is 3.29. The Morgan fingerprint density at radius 1 is 1.07 bits per heavy atom. The number of halogens is 1. The lowest BCUT2D eigenvalue weighted by atomic mass is 10.2. The normalized spacial score (nSPS) is 11.0. The third-order valence-electron chi connectivity index (χ3n) is 4.26. The van der Waals surface area contributed by atoms with Crippen molar-refractivity contribution in [3.63, 3.8) is 0 Å². The van der Waals surface area contributed by atoms with Gasteiger partial charge >= 0.3 is 5.76 Å². The molecular weight excluding hydrogens is 349 g/mol. The molecule has 0 saturated carbocycles. The number of aryl methyl sites for hydroxylation is 1. The van der Waals surface area contributed by atoms with Gasteiger partial charge < -0.3 is 14.3 Å². The van der Waals surface area contributed by atoms with Crippen molar-refractivity contribution in [1.29, 1.82) is 0 Å². The fourth-order valence-corrected chi connectivity index (χ4v) is 2.93. The molecule has 4 aromatic rings. The lowest BCUT2D eigenvalue weighted by Crippen LogP contribution is -2.20. The number of nitrogens with one attached hydrogen (secondary N) is 1. The van der Waals surface area contributed by atoms with Crippen LogP contribution in [0.5, 0.6) is 0 Å². The number of fused-ring (bicyclic) bond motifs is 1. The molecule has 0 atom stereocenters. The van der Waals surface area contributed by atoms with E-state index < -0.39 is 17.5 Å². The van der Waals surface area contributed by atoms with Gasteiger partial charge in [-0.1, -0.05) is 12.1 Å². The molecule has 0 aliphatic rings. The van der Waals surface area contributed by atoms with Crippen LogP contribution in [0.3, 0.4) is 0 Å². The van der Waals surface area contributed by atoms with E-state index >= 15 is 0 Å². The summed E-state index contributed by atoms with van der Waals surface area (Å²) in [5.41, 5.74) is 1.91. The summed E-state index contributed by atoms with van der Waals surface area (Å²) in [7, 11) is 0. The number of hydrogen-bond donors (Lipinski definition) is 1. The van der Waals surface area contributed by atoms with Crippen molar-refractivity contribution < 1.29 is 13.6 Å². The molecule has 1 N–H and O–H groups in total. The third kappa shape index (κ3) is 3.39. The van der Waals surface area contributed by atoms with Crippen LogP contribution in [-0.4, -0.2) is 15.0 Å². The van der Waals surface area contributed by atoms with Gasteiger partial charge in [0.2, 0.25) is 5.91 Å². The molecule has 7 heteroatoms. The summed E-state index contributed by atoms with van der Waals surface area (Å²) < 4.78 is 22.4. The van der Waals surface area contributed by atoms with E-state index in [-0.39, 0.29) is 18.7 Å². The van der Waals surface area contributed by atoms with Crippen LogP contribution in [0.4, 0.5) is 10.1 Å². The molecule has 0 bridgehead atoms. The van der Waals surface area contributed by atoms with Crippen LogP contribution in [0.25, 0.3) is 16.8 Å². The van der Waals surface area contributed by atoms with Crippen LogP contribution in [-0.2, 0) is 11.3 Å². The Bertz CT molecular complexity index is 1160. The second-order valence-electron chi connectivity index (χ2n) is 6.04. The number of carbonyl (C=O) groups excluding carboxylic acids is 1. The predicted molar refractivity (Wildman–Crippen MR) is 99.4 cm³/mol. The van der Waals surface area contributed by atoms with Gasteiger partial charge in [0, 0.05) is 31.0 Å². The quantitative estimate of drug-likeness (QED) is 0.588. The minimum absolute atomic E-state index is 0.0105. The van der Waals surface area contributed by atoms with E-state index in [0.29, 0.717) is 11.1 Å². The van der Waals surface area contributed by atoms with Crippen LogP contribution in [0.2, 0.25) is 0 Å². The second-order valence-corrected chi connectivity index (χ2v) is 6.04. The lowest BCUT2D eigenvalue weighted by Gasteiger charge is -2.10. The number of benzene rings is 2. The number of para-hydroxylation sites is 2. The smallest absolute Gasteiger partial charge is 0.408 e. The number of hydrogen-bond acceptors (Lipinski definition) is 3. The molecular formula is C20H16FN3O3. The number of oxazole rings is 1. The molecule has 136 valence electrons. The first-order valence-corrected chi connectivity index (χ1v) is 8.43. The van der Waals surface area contributed by atoms with Crippen molar-refractivity contribution >= 4 is 22.7 Å². The van der Waals surface area contributed by atoms with Gasteiger partial charge in [0.05, 0.1) is 11.2 Å². The number of carbonyl (C=O) groups is 1. The highest BCUT2D eigenvalue weighted by Crippen LogP contribution is 2.20. The van der Waals surface area contributed by atoms with E-state index in [1.165, 1.54) is 10.6 Å². The van der Waals surface area contributed by atoms with E-state index in [0.717, 1.165) is 5.69 Å². The monoisotopic (exact) mass is 365 g/mol. The van der Waals surface area contributed by atoms with Crippen LogP contribution in [0.15, 0.2) is 76.2 Å². The van der Waals surface area contributed by atoms with Gasteiger partial charge in [-0.2, -0.15) is 0 Å². The molecule has 0 saturated heterocycles. The van der Waals surface area contributed by atoms with Crippen molar-refractivity contribution in [2.45, 2.75) is 13.0 Å². The van der Waals surface area contributed by atoms with Crippen LogP contribution >= 0.6 is 0 Å². The maximum absolute atomic E-state index is 14.1. The van der Waals surface area contributed by atoms with E-state index in [4.69, 9.17) is 4.42 Å². The minimum atomic E-state index is -0.523. The zero-order valence-electron chi connectivity index (χ0n) is 14.3. The predicted octanol–water partition coefficient (Wildman–Crippen LogP) is 3.55. The standard InChI is InChI=1S/C20H16FN3O3/c21-15-8-7-14(23-10-3-4-11-23)13-16(15)22-19(25)9-12-24-17-5-1-2-6-18(17)27-20(24)26/h1-8,10-11,13H,9,12H2,(H,22,25). The highest BCUT2D eigenvalue weighted by Gasteiger charge is 2.12. The van der Waals surface area contributed by atoms with Gasteiger partial charge in [0.1, 0.15) is 5.82 Å². The zero-order chi connectivity index (χ0) is 18.8. The number of aromatic nitrogens is 2. The number of amides is 1. The van der Waals surface area contributed by atoms with Crippen LogP contribution in [0, 0.1) is 5.82 Å². The Kier molecular flexibility index (Phi) is 4.33. The van der Waals surface area contributed by atoms with Gasteiger partial charge in [-0.3, -0.25) is 9.36 Å². The van der Waals surface area contributed by atoms with Gasteiger partial charge in [-0.25, -0.2) is 9.18 Å². The fraction of sp³-hybridized carbons (Fsp3) is 0.100. The third-order valence-corrected chi connectivity index (χ3v) is 4.26. The summed E-state index contributed by atoms with van der Waals surface area (Å²) in [5, 5.41) is 2.57. The molecule has 0 fully saturated rings. The fourth-order valence-electron chi connectivity index (χ4n) is 2.93. The molecule has 0 aliphatic carbocycles. The van der Waals surface area contributed by atoms with Crippen molar-refractivity contribution in [3.05, 3.63) is 83.4 Å². The summed E-state index contributed by atoms with van der Waals surface area (Å²) in [5.74, 6) is -1.44. The first kappa shape index (κ1) is 16.8. The lowest BCUT2D eigenvalue weighted by molar-refractivity contribution is -0.116. The van der Waals surface area contributed by atoms with Crippen LogP contribution in [0.1, 0.15) is 6.42 Å². The second kappa shape index (κ2) is 6.95. The number of rotatable bonds is 5. The molecule has 27 heavy (non-hydrogen) atoms. The molecule has 0 unspecified atom stereocenters. The Balaban J connectivity index is 1.49. The molecule has 2 heterocycles. The van der Waals surface area contributed by atoms with E-state index in [1.807, 2.05) is 29.1 Å². The van der Waals surface area contributed by atoms with Crippen molar-refractivity contribution in [2.24, 2.45) is 0 Å². The van der Waals surface area contributed by atoms with Crippen molar-refractivity contribution in [3.8, 4) is 5.69 Å². The van der Waals surface area contributed by atoms with Gasteiger partial charge in [-0.05, 0) is 42.5 Å². The highest BCUT2D eigenvalue weighted by atomic mass is 19.1. The number of nitrogens with zero attached hydrogens (tertiary/aromatic N) is 2. The molecule has 0 radical (unpaired) electrons. The first-order valence-electron chi connectivity index (χ1n) is 8.43. The molecule has 0 spiro atoms. The zero-order valence-corrected chi connectivity index (χ0v) is 14.3. The molecule has 6 nitrogen and oxygen atoms in total. The van der Waals surface area contributed by atoms with Gasteiger partial charge in [0.25, 0.3) is 0 Å².